The standard InChI is InChI=1S/C21H19FN2O2/c1-3-4-13-26-19-9-5-8-18(20(19)22)24(2)21(25)16-10-11-17-15(14-16)7-6-12-23-17/h3,5-12,14H,1,4,13H2,2H3. The molecule has 0 aliphatic heterocycles. The Balaban J connectivity index is 1.87. The predicted molar refractivity (Wildman–Crippen MR) is 101 cm³/mol. The zero-order valence-electron chi connectivity index (χ0n) is 14.5. The first-order chi connectivity index (χ1) is 12.6. The Kier molecular flexibility index (Phi) is 5.27. The molecule has 0 spiro atoms. The van der Waals surface area contributed by atoms with Crippen molar-refractivity contribution < 1.29 is 13.9 Å². The van der Waals surface area contributed by atoms with Crippen molar-refractivity contribution in [3.05, 3.63) is 78.8 Å². The molecule has 0 fully saturated rings. The number of pyridine rings is 1. The molecule has 132 valence electrons. The van der Waals surface area contributed by atoms with Gasteiger partial charge in [0.2, 0.25) is 0 Å². The highest BCUT2D eigenvalue weighted by atomic mass is 19.1. The number of hydrogen-bond donors (Lipinski definition) is 0. The Labute approximate surface area is 151 Å². The first kappa shape index (κ1) is 17.6. The van der Waals surface area contributed by atoms with Crippen molar-refractivity contribution in [2.75, 3.05) is 18.6 Å². The highest BCUT2D eigenvalue weighted by Gasteiger charge is 2.19. The molecule has 3 aromatic rings. The first-order valence-corrected chi connectivity index (χ1v) is 8.27. The topological polar surface area (TPSA) is 42.4 Å². The zero-order chi connectivity index (χ0) is 18.5. The van der Waals surface area contributed by atoms with Gasteiger partial charge >= 0.3 is 0 Å². The maximum atomic E-state index is 14.7. The minimum atomic E-state index is -0.560. The molecule has 0 atom stereocenters. The van der Waals surface area contributed by atoms with E-state index in [-0.39, 0.29) is 17.3 Å². The fourth-order valence-electron chi connectivity index (χ4n) is 2.63. The largest absolute Gasteiger partial charge is 0.490 e. The fraction of sp³-hybridized carbons (Fsp3) is 0.143. The van der Waals surface area contributed by atoms with E-state index < -0.39 is 5.82 Å². The smallest absolute Gasteiger partial charge is 0.258 e. The summed E-state index contributed by atoms with van der Waals surface area (Å²) in [7, 11) is 1.54. The van der Waals surface area contributed by atoms with Crippen LogP contribution < -0.4 is 9.64 Å². The van der Waals surface area contributed by atoms with E-state index in [0.29, 0.717) is 18.6 Å². The number of nitrogens with zero attached hydrogens (tertiary/aromatic N) is 2. The predicted octanol–water partition coefficient (Wildman–Crippen LogP) is 4.61. The third kappa shape index (κ3) is 3.57. The number of ether oxygens (including phenoxy) is 1. The van der Waals surface area contributed by atoms with E-state index in [1.807, 2.05) is 12.1 Å². The van der Waals surface area contributed by atoms with Crippen molar-refractivity contribution in [3.8, 4) is 5.75 Å². The number of aromatic nitrogens is 1. The maximum Gasteiger partial charge on any atom is 0.258 e. The van der Waals surface area contributed by atoms with Crippen LogP contribution >= 0.6 is 0 Å². The summed E-state index contributed by atoms with van der Waals surface area (Å²) in [6.07, 6.45) is 4.01. The minimum absolute atomic E-state index is 0.117. The van der Waals surface area contributed by atoms with Crippen LogP contribution in [0.1, 0.15) is 16.8 Å². The molecule has 0 N–H and O–H groups in total. The summed E-state index contributed by atoms with van der Waals surface area (Å²) in [6, 6.07) is 13.7. The molecule has 0 saturated heterocycles. The first-order valence-electron chi connectivity index (χ1n) is 8.27. The summed E-state index contributed by atoms with van der Waals surface area (Å²) in [4.78, 5) is 18.3. The maximum absolute atomic E-state index is 14.7. The Bertz CT molecular complexity index is 956. The molecule has 2 aromatic carbocycles. The van der Waals surface area contributed by atoms with Crippen molar-refractivity contribution in [1.82, 2.24) is 4.98 Å². The lowest BCUT2D eigenvalue weighted by Crippen LogP contribution is -2.27. The quantitative estimate of drug-likeness (QED) is 0.482. The van der Waals surface area contributed by atoms with Crippen molar-refractivity contribution in [2.45, 2.75) is 6.42 Å². The summed E-state index contributed by atoms with van der Waals surface area (Å²) >= 11 is 0. The summed E-state index contributed by atoms with van der Waals surface area (Å²) in [5.74, 6) is -0.750. The number of carbonyl (C=O) groups excluding carboxylic acids is 1. The Morgan fingerprint density at radius 3 is 2.92 bits per heavy atom. The minimum Gasteiger partial charge on any atom is -0.490 e. The zero-order valence-corrected chi connectivity index (χ0v) is 14.5. The normalized spacial score (nSPS) is 10.5. The number of hydrogen-bond acceptors (Lipinski definition) is 3. The lowest BCUT2D eigenvalue weighted by molar-refractivity contribution is 0.0992. The fourth-order valence-corrected chi connectivity index (χ4v) is 2.63. The number of halogens is 1. The van der Waals surface area contributed by atoms with Gasteiger partial charge in [-0.3, -0.25) is 9.78 Å². The number of fused-ring (bicyclic) bond motifs is 1. The SMILES string of the molecule is C=CCCOc1cccc(N(C)C(=O)c2ccc3ncccc3c2)c1F. The molecule has 0 bridgehead atoms. The van der Waals surface area contributed by atoms with Crippen LogP contribution in [0.4, 0.5) is 10.1 Å². The molecule has 0 saturated carbocycles. The summed E-state index contributed by atoms with van der Waals surface area (Å²) in [5.41, 5.74) is 1.43. The average Bonchev–Trinajstić information content (AvgIpc) is 2.68. The van der Waals surface area contributed by atoms with Crippen LogP contribution in [0.15, 0.2) is 67.4 Å². The second-order valence-corrected chi connectivity index (χ2v) is 5.79. The third-order valence-corrected chi connectivity index (χ3v) is 4.04. The Morgan fingerprint density at radius 1 is 1.27 bits per heavy atom. The van der Waals surface area contributed by atoms with Gasteiger partial charge in [0.25, 0.3) is 5.91 Å². The molecule has 5 heteroatoms. The number of amides is 1. The van der Waals surface area contributed by atoms with Gasteiger partial charge < -0.3 is 9.64 Å². The van der Waals surface area contributed by atoms with E-state index in [1.54, 1.807) is 55.7 Å². The molecule has 1 aromatic heterocycles. The van der Waals surface area contributed by atoms with Crippen molar-refractivity contribution in [3.63, 3.8) is 0 Å². The van der Waals surface area contributed by atoms with E-state index in [1.165, 1.54) is 4.90 Å². The third-order valence-electron chi connectivity index (χ3n) is 4.04. The number of carbonyl (C=O) groups is 1. The van der Waals surface area contributed by atoms with Gasteiger partial charge in [0, 0.05) is 24.2 Å². The second-order valence-electron chi connectivity index (χ2n) is 5.79. The van der Waals surface area contributed by atoms with Crippen LogP contribution in [0.25, 0.3) is 10.9 Å². The van der Waals surface area contributed by atoms with E-state index in [9.17, 15) is 9.18 Å². The molecule has 0 unspecified atom stereocenters. The molecule has 26 heavy (non-hydrogen) atoms. The Morgan fingerprint density at radius 2 is 2.12 bits per heavy atom. The summed E-state index contributed by atoms with van der Waals surface area (Å²) < 4.78 is 20.1. The van der Waals surface area contributed by atoms with Crippen LogP contribution in [-0.4, -0.2) is 24.5 Å². The number of rotatable bonds is 6. The van der Waals surface area contributed by atoms with Gasteiger partial charge in [0.05, 0.1) is 17.8 Å². The molecule has 1 amide bonds. The number of anilines is 1. The average molecular weight is 350 g/mol. The van der Waals surface area contributed by atoms with Gasteiger partial charge in [-0.05, 0) is 42.8 Å². The van der Waals surface area contributed by atoms with Crippen LogP contribution in [0, 0.1) is 5.82 Å². The van der Waals surface area contributed by atoms with E-state index in [0.717, 1.165) is 10.9 Å². The lowest BCUT2D eigenvalue weighted by Gasteiger charge is -2.19. The van der Waals surface area contributed by atoms with Gasteiger partial charge in [-0.2, -0.15) is 0 Å². The second kappa shape index (κ2) is 7.78. The molecular formula is C21H19FN2O2. The molecule has 3 rings (SSSR count). The molecular weight excluding hydrogens is 331 g/mol. The van der Waals surface area contributed by atoms with Gasteiger partial charge in [-0.1, -0.05) is 18.2 Å². The van der Waals surface area contributed by atoms with Crippen LogP contribution in [-0.2, 0) is 0 Å². The van der Waals surface area contributed by atoms with Crippen LogP contribution in [0.3, 0.4) is 0 Å². The number of benzene rings is 2. The summed E-state index contributed by atoms with van der Waals surface area (Å²) in [5, 5.41) is 0.855. The summed E-state index contributed by atoms with van der Waals surface area (Å²) in [6.45, 7) is 3.94. The molecule has 4 nitrogen and oxygen atoms in total. The van der Waals surface area contributed by atoms with Gasteiger partial charge in [-0.15, -0.1) is 6.58 Å². The highest BCUT2D eigenvalue weighted by molar-refractivity contribution is 6.07. The van der Waals surface area contributed by atoms with Crippen molar-refractivity contribution >= 4 is 22.5 Å². The Hall–Kier alpha value is -3.21. The van der Waals surface area contributed by atoms with E-state index >= 15 is 0 Å². The van der Waals surface area contributed by atoms with Gasteiger partial charge in [0.1, 0.15) is 0 Å². The lowest BCUT2D eigenvalue weighted by atomic mass is 10.1. The van der Waals surface area contributed by atoms with Crippen molar-refractivity contribution in [2.24, 2.45) is 0 Å². The molecule has 1 heterocycles. The molecule has 0 aliphatic carbocycles. The van der Waals surface area contributed by atoms with Gasteiger partial charge in [-0.25, -0.2) is 4.39 Å². The monoisotopic (exact) mass is 350 g/mol. The van der Waals surface area contributed by atoms with Gasteiger partial charge in [0.15, 0.2) is 11.6 Å². The molecule has 0 radical (unpaired) electrons. The van der Waals surface area contributed by atoms with Crippen LogP contribution in [0.2, 0.25) is 0 Å². The highest BCUT2D eigenvalue weighted by Crippen LogP contribution is 2.28. The van der Waals surface area contributed by atoms with E-state index in [4.69, 9.17) is 4.74 Å². The van der Waals surface area contributed by atoms with E-state index in [2.05, 4.69) is 11.6 Å². The van der Waals surface area contributed by atoms with Crippen LogP contribution in [0.5, 0.6) is 5.75 Å². The van der Waals surface area contributed by atoms with Crippen molar-refractivity contribution in [1.29, 1.82) is 0 Å². The molecule has 0 aliphatic rings.